The van der Waals surface area contributed by atoms with Crippen LogP contribution in [0, 0.1) is 0 Å². The number of carboxylic acid groups (broad SMARTS) is 1. The first kappa shape index (κ1) is 11.9. The summed E-state index contributed by atoms with van der Waals surface area (Å²) < 4.78 is 4.77. The van der Waals surface area contributed by atoms with E-state index < -0.39 is 11.9 Å². The molecule has 0 rings (SSSR count). The van der Waals surface area contributed by atoms with Crippen molar-refractivity contribution in [2.45, 2.75) is 18.9 Å². The lowest BCUT2D eigenvalue weighted by molar-refractivity contribution is -0.142. The summed E-state index contributed by atoms with van der Waals surface area (Å²) in [5.74, 6) is -1.66. The van der Waals surface area contributed by atoms with Crippen LogP contribution in [0.5, 0.6) is 0 Å². The van der Waals surface area contributed by atoms with Crippen LogP contribution >= 0.6 is 0 Å². The fourth-order valence-corrected chi connectivity index (χ4v) is 0.955. The molecule has 0 saturated heterocycles. The maximum Gasteiger partial charge on any atom is 0.333 e. The molecule has 0 fully saturated rings. The van der Waals surface area contributed by atoms with E-state index >= 15 is 0 Å². The van der Waals surface area contributed by atoms with Gasteiger partial charge in [0.05, 0.1) is 13.0 Å². The van der Waals surface area contributed by atoms with Crippen LogP contribution in [-0.4, -0.2) is 33.9 Å². The van der Waals surface area contributed by atoms with E-state index in [2.05, 4.69) is 6.58 Å². The van der Waals surface area contributed by atoms with Crippen molar-refractivity contribution in [3.05, 3.63) is 12.2 Å². The summed E-state index contributed by atoms with van der Waals surface area (Å²) in [6, 6.07) is 1.07. The van der Waals surface area contributed by atoms with Gasteiger partial charge in [0, 0.05) is 15.8 Å². The Morgan fingerprint density at radius 3 is 2.54 bits per heavy atom. The minimum absolute atomic E-state index is 0.000785. The number of carbonyl (C=O) groups is 2. The first-order valence-corrected chi connectivity index (χ1v) is 5.56. The molecule has 0 aliphatic rings. The quantitative estimate of drug-likeness (QED) is 0.279. The molecule has 0 aliphatic carbocycles. The molecule has 5 heteroatoms. The zero-order chi connectivity index (χ0) is 10.3. The summed E-state index contributed by atoms with van der Waals surface area (Å²) in [7, 11) is 1.09. The lowest BCUT2D eigenvalue weighted by Crippen LogP contribution is -2.11. The molecule has 4 nitrogen and oxygen atoms in total. The SMILES string of the molecule is C=C(CC(=O)O)C(=O)OCCC[SiH3]. The zero-order valence-corrected chi connectivity index (χ0v) is 9.71. The minimum Gasteiger partial charge on any atom is -0.481 e. The third-order valence-corrected chi connectivity index (χ3v) is 2.09. The monoisotopic (exact) mass is 202 g/mol. The van der Waals surface area contributed by atoms with E-state index in [1.165, 1.54) is 0 Å². The van der Waals surface area contributed by atoms with Crippen LogP contribution < -0.4 is 0 Å². The number of carboxylic acids is 1. The summed E-state index contributed by atoms with van der Waals surface area (Å²) in [6.45, 7) is 3.69. The van der Waals surface area contributed by atoms with Gasteiger partial charge in [-0.05, 0) is 6.42 Å². The topological polar surface area (TPSA) is 63.6 Å². The Bertz CT molecular complexity index is 212. The molecule has 0 spiro atoms. The van der Waals surface area contributed by atoms with Gasteiger partial charge in [-0.2, -0.15) is 0 Å². The Hall–Kier alpha value is -1.10. The lowest BCUT2D eigenvalue weighted by Gasteiger charge is -2.03. The molecule has 0 aromatic rings. The maximum atomic E-state index is 11.0. The smallest absolute Gasteiger partial charge is 0.333 e. The van der Waals surface area contributed by atoms with Gasteiger partial charge in [0.25, 0.3) is 0 Å². The van der Waals surface area contributed by atoms with E-state index in [0.29, 0.717) is 6.61 Å². The Balaban J connectivity index is 3.70. The maximum absolute atomic E-state index is 11.0. The molecule has 0 unspecified atom stereocenters. The molecule has 74 valence electrons. The predicted octanol–water partition coefficient (Wildman–Crippen LogP) is -0.266. The largest absolute Gasteiger partial charge is 0.481 e. The van der Waals surface area contributed by atoms with Gasteiger partial charge in [-0.3, -0.25) is 4.79 Å². The fourth-order valence-electron chi connectivity index (χ4n) is 0.666. The molecule has 13 heavy (non-hydrogen) atoms. The highest BCUT2D eigenvalue weighted by molar-refractivity contribution is 6.08. The highest BCUT2D eigenvalue weighted by atomic mass is 28.1. The van der Waals surface area contributed by atoms with E-state index in [4.69, 9.17) is 9.84 Å². The average Bonchev–Trinajstić information content (AvgIpc) is 2.03. The number of hydrogen-bond donors (Lipinski definition) is 1. The molecule has 1 N–H and O–H groups in total. The first-order valence-electron chi connectivity index (χ1n) is 4.14. The van der Waals surface area contributed by atoms with E-state index in [9.17, 15) is 9.59 Å². The van der Waals surface area contributed by atoms with E-state index in [1.54, 1.807) is 0 Å². The third kappa shape index (κ3) is 6.09. The standard InChI is InChI=1S/C8H14O4Si/c1-6(5-7(9)10)8(11)12-3-2-4-13/h1-5H2,13H3,(H,9,10). The van der Waals surface area contributed by atoms with Crippen molar-refractivity contribution in [3.8, 4) is 0 Å². The van der Waals surface area contributed by atoms with Crippen molar-refractivity contribution >= 4 is 22.2 Å². The molecule has 0 heterocycles. The van der Waals surface area contributed by atoms with Gasteiger partial charge < -0.3 is 9.84 Å². The van der Waals surface area contributed by atoms with Crippen molar-refractivity contribution in [2.24, 2.45) is 0 Å². The molecule has 0 radical (unpaired) electrons. The summed E-state index contributed by atoms with van der Waals surface area (Å²) in [4.78, 5) is 21.2. The third-order valence-electron chi connectivity index (χ3n) is 1.38. The highest BCUT2D eigenvalue weighted by Gasteiger charge is 2.11. The fraction of sp³-hybridized carbons (Fsp3) is 0.500. The first-order chi connectivity index (χ1) is 6.07. The second kappa shape index (κ2) is 6.42. The predicted molar refractivity (Wildman–Crippen MR) is 51.7 cm³/mol. The van der Waals surface area contributed by atoms with Crippen LogP contribution in [0.4, 0.5) is 0 Å². The Morgan fingerprint density at radius 1 is 1.46 bits per heavy atom. The van der Waals surface area contributed by atoms with Crippen molar-refractivity contribution < 1.29 is 19.4 Å². The number of carbonyl (C=O) groups excluding carboxylic acids is 1. The van der Waals surface area contributed by atoms with E-state index in [1.807, 2.05) is 0 Å². The van der Waals surface area contributed by atoms with Gasteiger partial charge in [-0.15, -0.1) is 0 Å². The molecule has 0 atom stereocenters. The van der Waals surface area contributed by atoms with Crippen LogP contribution in [-0.2, 0) is 14.3 Å². The Kier molecular flexibility index (Phi) is 5.87. The van der Waals surface area contributed by atoms with Gasteiger partial charge in [-0.1, -0.05) is 12.6 Å². The van der Waals surface area contributed by atoms with Crippen molar-refractivity contribution in [1.82, 2.24) is 0 Å². The number of aliphatic carboxylic acids is 1. The molecule has 0 saturated carbocycles. The minimum atomic E-state index is -1.06. The van der Waals surface area contributed by atoms with Crippen LogP contribution in [0.2, 0.25) is 6.04 Å². The Morgan fingerprint density at radius 2 is 2.08 bits per heavy atom. The van der Waals surface area contributed by atoms with Crippen LogP contribution in [0.1, 0.15) is 12.8 Å². The summed E-state index contributed by atoms with van der Waals surface area (Å²) in [5, 5.41) is 8.34. The highest BCUT2D eigenvalue weighted by Crippen LogP contribution is 2.01. The van der Waals surface area contributed by atoms with E-state index in [0.717, 1.165) is 22.7 Å². The molecule has 0 amide bonds. The molecule has 0 aliphatic heterocycles. The van der Waals surface area contributed by atoms with Crippen LogP contribution in [0.25, 0.3) is 0 Å². The summed E-state index contributed by atoms with van der Waals surface area (Å²) in [6.07, 6.45) is 0.498. The van der Waals surface area contributed by atoms with Gasteiger partial charge >= 0.3 is 11.9 Å². The zero-order valence-electron chi connectivity index (χ0n) is 7.71. The van der Waals surface area contributed by atoms with E-state index in [-0.39, 0.29) is 12.0 Å². The normalized spacial score (nSPS) is 9.54. The number of rotatable bonds is 6. The average molecular weight is 202 g/mol. The summed E-state index contributed by atoms with van der Waals surface area (Å²) in [5.41, 5.74) is 0.000785. The van der Waals surface area contributed by atoms with Gasteiger partial charge in [0.1, 0.15) is 0 Å². The Labute approximate surface area is 80.0 Å². The van der Waals surface area contributed by atoms with Crippen molar-refractivity contribution in [1.29, 1.82) is 0 Å². The number of hydrogen-bond acceptors (Lipinski definition) is 3. The van der Waals surface area contributed by atoms with Crippen molar-refractivity contribution in [2.75, 3.05) is 6.61 Å². The lowest BCUT2D eigenvalue weighted by atomic mass is 10.2. The second-order valence-corrected chi connectivity index (χ2v) is 3.66. The number of esters is 1. The molecule has 0 bridgehead atoms. The van der Waals surface area contributed by atoms with Gasteiger partial charge in [0.15, 0.2) is 0 Å². The second-order valence-electron chi connectivity index (χ2n) is 2.66. The molecule has 0 aromatic heterocycles. The van der Waals surface area contributed by atoms with Gasteiger partial charge in [0.2, 0.25) is 0 Å². The molecular weight excluding hydrogens is 188 g/mol. The van der Waals surface area contributed by atoms with Crippen LogP contribution in [0.3, 0.4) is 0 Å². The molecular formula is C8H14O4Si. The van der Waals surface area contributed by atoms with Crippen molar-refractivity contribution in [3.63, 3.8) is 0 Å². The van der Waals surface area contributed by atoms with Crippen LogP contribution in [0.15, 0.2) is 12.2 Å². The summed E-state index contributed by atoms with van der Waals surface area (Å²) >= 11 is 0. The molecule has 0 aromatic carbocycles. The number of ether oxygens (including phenoxy) is 1. The van der Waals surface area contributed by atoms with Gasteiger partial charge in [-0.25, -0.2) is 4.79 Å².